The number of rotatable bonds is 12. The fraction of sp³-hybridized carbons (Fsp3) is 0.355. The van der Waals surface area contributed by atoms with Gasteiger partial charge < -0.3 is 10.2 Å². The summed E-state index contributed by atoms with van der Waals surface area (Å²) in [5, 5.41) is 2.95. The third-order valence-corrected chi connectivity index (χ3v) is 8.27. The Balaban J connectivity index is 2.05. The Morgan fingerprint density at radius 1 is 0.897 bits per heavy atom. The van der Waals surface area contributed by atoms with Crippen LogP contribution in [0.3, 0.4) is 0 Å². The van der Waals surface area contributed by atoms with E-state index in [4.69, 9.17) is 0 Å². The Kier molecular flexibility index (Phi) is 10.3. The summed E-state index contributed by atoms with van der Waals surface area (Å²) < 4.78 is 29.0. The minimum Gasteiger partial charge on any atom is -0.354 e. The van der Waals surface area contributed by atoms with Crippen molar-refractivity contribution in [2.24, 2.45) is 5.92 Å². The van der Waals surface area contributed by atoms with Gasteiger partial charge in [-0.15, -0.1) is 0 Å². The first-order valence-corrected chi connectivity index (χ1v) is 14.7. The van der Waals surface area contributed by atoms with Crippen molar-refractivity contribution in [3.05, 3.63) is 95.6 Å². The summed E-state index contributed by atoms with van der Waals surface area (Å²) in [6, 6.07) is 22.2. The Hall–Kier alpha value is -3.65. The number of hydrogen-bond acceptors (Lipinski definition) is 4. The lowest BCUT2D eigenvalue weighted by Gasteiger charge is -2.33. The molecular weight excluding hydrogens is 510 g/mol. The standard InChI is InChI=1S/C31H39N3O4S/c1-6-28(31(36)32-20-23(2)3)33(21-26-13-9-7-10-14-26)30(35)22-34(29-18-17-24(4)19-25(29)5)39(37,38)27-15-11-8-12-16-27/h7-19,23,28H,6,20-22H2,1-5H3,(H,32,36)/t28-/m1/s1. The van der Waals surface area contributed by atoms with Crippen molar-refractivity contribution in [2.75, 3.05) is 17.4 Å². The molecule has 0 unspecified atom stereocenters. The predicted octanol–water partition coefficient (Wildman–Crippen LogP) is 5.08. The molecule has 0 radical (unpaired) electrons. The number of amides is 2. The monoisotopic (exact) mass is 549 g/mol. The molecule has 0 aliphatic heterocycles. The lowest BCUT2D eigenvalue weighted by Crippen LogP contribution is -2.52. The molecule has 1 atom stereocenters. The molecule has 1 N–H and O–H groups in total. The Morgan fingerprint density at radius 3 is 2.08 bits per heavy atom. The first-order chi connectivity index (χ1) is 18.5. The highest BCUT2D eigenvalue weighted by atomic mass is 32.2. The van der Waals surface area contributed by atoms with Gasteiger partial charge >= 0.3 is 0 Å². The summed E-state index contributed by atoms with van der Waals surface area (Å²) in [6.07, 6.45) is 0.386. The number of hydrogen-bond donors (Lipinski definition) is 1. The smallest absolute Gasteiger partial charge is 0.264 e. The minimum atomic E-state index is -4.08. The quantitative estimate of drug-likeness (QED) is 0.341. The molecule has 3 rings (SSSR count). The van der Waals surface area contributed by atoms with E-state index in [2.05, 4.69) is 5.32 Å². The highest BCUT2D eigenvalue weighted by molar-refractivity contribution is 7.92. The molecule has 0 aliphatic carbocycles. The molecule has 3 aromatic carbocycles. The Morgan fingerprint density at radius 2 is 1.51 bits per heavy atom. The van der Waals surface area contributed by atoms with Crippen LogP contribution in [0.25, 0.3) is 0 Å². The molecule has 0 aromatic heterocycles. The predicted molar refractivity (Wildman–Crippen MR) is 156 cm³/mol. The van der Waals surface area contributed by atoms with Gasteiger partial charge in [-0.1, -0.05) is 87.0 Å². The maximum Gasteiger partial charge on any atom is 0.264 e. The zero-order chi connectivity index (χ0) is 28.6. The summed E-state index contributed by atoms with van der Waals surface area (Å²) in [6.45, 7) is 9.85. The van der Waals surface area contributed by atoms with Crippen LogP contribution < -0.4 is 9.62 Å². The lowest BCUT2D eigenvalue weighted by molar-refractivity contribution is -0.140. The van der Waals surface area contributed by atoms with Crippen LogP contribution >= 0.6 is 0 Å². The molecule has 0 aliphatic rings. The van der Waals surface area contributed by atoms with Gasteiger partial charge in [-0.2, -0.15) is 0 Å². The van der Waals surface area contributed by atoms with E-state index in [1.54, 1.807) is 24.3 Å². The van der Waals surface area contributed by atoms with E-state index in [1.165, 1.54) is 17.0 Å². The second-order valence-corrected chi connectivity index (χ2v) is 12.0. The summed E-state index contributed by atoms with van der Waals surface area (Å²) in [5.41, 5.74) is 3.00. The highest BCUT2D eigenvalue weighted by Crippen LogP contribution is 2.28. The van der Waals surface area contributed by atoms with Crippen molar-refractivity contribution in [3.63, 3.8) is 0 Å². The van der Waals surface area contributed by atoms with Crippen LogP contribution in [0, 0.1) is 19.8 Å². The summed E-state index contributed by atoms with van der Waals surface area (Å²) >= 11 is 0. The third-order valence-electron chi connectivity index (χ3n) is 6.50. The molecule has 2 amide bonds. The average Bonchev–Trinajstić information content (AvgIpc) is 2.91. The van der Waals surface area contributed by atoms with Crippen molar-refractivity contribution >= 4 is 27.5 Å². The molecule has 3 aromatic rings. The third kappa shape index (κ3) is 7.69. The van der Waals surface area contributed by atoms with Gasteiger partial charge in [-0.05, 0) is 55.5 Å². The average molecular weight is 550 g/mol. The van der Waals surface area contributed by atoms with Crippen molar-refractivity contribution in [1.29, 1.82) is 0 Å². The fourth-order valence-corrected chi connectivity index (χ4v) is 5.94. The van der Waals surface area contributed by atoms with Gasteiger partial charge in [-0.3, -0.25) is 13.9 Å². The first kappa shape index (κ1) is 29.9. The number of nitrogens with one attached hydrogen (secondary N) is 1. The second kappa shape index (κ2) is 13.4. The van der Waals surface area contributed by atoms with Gasteiger partial charge in [0, 0.05) is 13.1 Å². The van der Waals surface area contributed by atoms with E-state index in [-0.39, 0.29) is 23.3 Å². The molecular formula is C31H39N3O4S. The van der Waals surface area contributed by atoms with E-state index in [0.717, 1.165) is 21.0 Å². The van der Waals surface area contributed by atoms with Crippen LogP contribution in [0.4, 0.5) is 5.69 Å². The topological polar surface area (TPSA) is 86.8 Å². The molecule has 7 nitrogen and oxygen atoms in total. The van der Waals surface area contributed by atoms with Crippen LogP contribution in [0.15, 0.2) is 83.8 Å². The van der Waals surface area contributed by atoms with Crippen LogP contribution in [0.5, 0.6) is 0 Å². The zero-order valence-electron chi connectivity index (χ0n) is 23.4. The van der Waals surface area contributed by atoms with E-state index < -0.39 is 28.5 Å². The molecule has 0 saturated heterocycles. The zero-order valence-corrected chi connectivity index (χ0v) is 24.2. The number of benzene rings is 3. The lowest BCUT2D eigenvalue weighted by atomic mass is 10.1. The fourth-order valence-electron chi connectivity index (χ4n) is 4.44. The molecule has 0 saturated carbocycles. The van der Waals surface area contributed by atoms with Gasteiger partial charge in [0.25, 0.3) is 10.0 Å². The highest BCUT2D eigenvalue weighted by Gasteiger charge is 2.34. The Labute approximate surface area is 232 Å². The summed E-state index contributed by atoms with van der Waals surface area (Å²) in [4.78, 5) is 28.9. The van der Waals surface area contributed by atoms with Crippen molar-refractivity contribution < 1.29 is 18.0 Å². The van der Waals surface area contributed by atoms with Gasteiger partial charge in [0.2, 0.25) is 11.8 Å². The van der Waals surface area contributed by atoms with E-state index in [0.29, 0.717) is 18.7 Å². The minimum absolute atomic E-state index is 0.0918. The number of carbonyl (C=O) groups excluding carboxylic acids is 2. The van der Waals surface area contributed by atoms with Gasteiger partial charge in [0.1, 0.15) is 12.6 Å². The van der Waals surface area contributed by atoms with Gasteiger partial charge in [-0.25, -0.2) is 8.42 Å². The number of nitrogens with zero attached hydrogens (tertiary/aromatic N) is 2. The summed E-state index contributed by atoms with van der Waals surface area (Å²) in [5.74, 6) is -0.454. The first-order valence-electron chi connectivity index (χ1n) is 13.3. The van der Waals surface area contributed by atoms with E-state index >= 15 is 0 Å². The number of anilines is 1. The summed E-state index contributed by atoms with van der Waals surface area (Å²) in [7, 11) is -4.08. The maximum atomic E-state index is 14.1. The molecule has 8 heteroatoms. The van der Waals surface area contributed by atoms with Crippen molar-refractivity contribution in [3.8, 4) is 0 Å². The van der Waals surface area contributed by atoms with Crippen LogP contribution in [-0.2, 0) is 26.2 Å². The van der Waals surface area contributed by atoms with E-state index in [1.807, 2.05) is 77.1 Å². The van der Waals surface area contributed by atoms with Crippen LogP contribution in [-0.4, -0.2) is 44.3 Å². The molecule has 39 heavy (non-hydrogen) atoms. The van der Waals surface area contributed by atoms with Crippen LogP contribution in [0.2, 0.25) is 0 Å². The molecule has 0 heterocycles. The van der Waals surface area contributed by atoms with E-state index in [9.17, 15) is 18.0 Å². The molecule has 208 valence electrons. The number of aryl methyl sites for hydroxylation is 2. The van der Waals surface area contributed by atoms with Crippen molar-refractivity contribution in [1.82, 2.24) is 10.2 Å². The Bertz CT molecular complexity index is 1360. The van der Waals surface area contributed by atoms with Crippen LogP contribution in [0.1, 0.15) is 43.9 Å². The molecule has 0 fully saturated rings. The number of sulfonamides is 1. The normalized spacial score (nSPS) is 12.2. The van der Waals surface area contributed by atoms with Gasteiger partial charge in [0.05, 0.1) is 10.6 Å². The maximum absolute atomic E-state index is 14.1. The second-order valence-electron chi connectivity index (χ2n) is 10.2. The SMILES string of the molecule is CC[C@H](C(=O)NCC(C)C)N(Cc1ccccc1)C(=O)CN(c1ccc(C)cc1C)S(=O)(=O)c1ccccc1. The molecule has 0 bridgehead atoms. The van der Waals surface area contributed by atoms with Crippen molar-refractivity contribution in [2.45, 2.75) is 58.5 Å². The molecule has 0 spiro atoms. The van der Waals surface area contributed by atoms with Gasteiger partial charge in [0.15, 0.2) is 0 Å². The number of carbonyl (C=O) groups is 2. The largest absolute Gasteiger partial charge is 0.354 e.